The Bertz CT molecular complexity index is 360. The molecule has 1 aromatic carbocycles. The lowest BCUT2D eigenvalue weighted by atomic mass is 10.1. The van der Waals surface area contributed by atoms with Crippen LogP contribution in [-0.2, 0) is 4.74 Å². The molecule has 0 amide bonds. The molecule has 0 saturated heterocycles. The first-order valence-electron chi connectivity index (χ1n) is 7.31. The first-order chi connectivity index (χ1) is 9.33. The van der Waals surface area contributed by atoms with Crippen LogP contribution in [-0.4, -0.2) is 26.9 Å². The summed E-state index contributed by atoms with van der Waals surface area (Å²) < 4.78 is 11.4. The summed E-state index contributed by atoms with van der Waals surface area (Å²) >= 11 is 0. The summed E-state index contributed by atoms with van der Waals surface area (Å²) in [5.74, 6) is 1.77. The Morgan fingerprint density at radius 2 is 2.00 bits per heavy atom. The van der Waals surface area contributed by atoms with E-state index in [2.05, 4.69) is 24.4 Å². The Morgan fingerprint density at radius 3 is 2.58 bits per heavy atom. The van der Waals surface area contributed by atoms with Crippen LogP contribution < -0.4 is 10.1 Å². The minimum absolute atomic E-state index is 0.263. The maximum atomic E-state index is 5.77. The standard InChI is InChI=1S/C16H25NO2/c1-3-10-19-15-8-6-14(7-9-15)16(17-2)12-18-11-13-4-5-13/h6-9,13,16-17H,3-5,10-12H2,1-2H3. The fraction of sp³-hybridized carbons (Fsp3) is 0.625. The minimum Gasteiger partial charge on any atom is -0.494 e. The monoisotopic (exact) mass is 263 g/mol. The molecule has 1 fully saturated rings. The highest BCUT2D eigenvalue weighted by atomic mass is 16.5. The van der Waals surface area contributed by atoms with E-state index in [9.17, 15) is 0 Å². The highest BCUT2D eigenvalue weighted by Crippen LogP contribution is 2.29. The van der Waals surface area contributed by atoms with Gasteiger partial charge in [0.05, 0.1) is 19.3 Å². The van der Waals surface area contributed by atoms with Gasteiger partial charge in [0.1, 0.15) is 5.75 Å². The highest BCUT2D eigenvalue weighted by molar-refractivity contribution is 5.29. The Kier molecular flexibility index (Phi) is 5.67. The van der Waals surface area contributed by atoms with Gasteiger partial charge in [0, 0.05) is 6.61 Å². The van der Waals surface area contributed by atoms with Crippen LogP contribution in [0.3, 0.4) is 0 Å². The van der Waals surface area contributed by atoms with E-state index in [-0.39, 0.29) is 6.04 Å². The smallest absolute Gasteiger partial charge is 0.119 e. The second kappa shape index (κ2) is 7.51. The van der Waals surface area contributed by atoms with Crippen LogP contribution in [0.15, 0.2) is 24.3 Å². The van der Waals surface area contributed by atoms with Crippen LogP contribution in [0.1, 0.15) is 37.8 Å². The average molecular weight is 263 g/mol. The van der Waals surface area contributed by atoms with Gasteiger partial charge in [0.25, 0.3) is 0 Å². The lowest BCUT2D eigenvalue weighted by molar-refractivity contribution is 0.105. The molecule has 3 heteroatoms. The van der Waals surface area contributed by atoms with Gasteiger partial charge in [-0.3, -0.25) is 0 Å². The predicted molar refractivity (Wildman–Crippen MR) is 77.6 cm³/mol. The van der Waals surface area contributed by atoms with Crippen LogP contribution in [0, 0.1) is 5.92 Å². The van der Waals surface area contributed by atoms with Gasteiger partial charge in [-0.15, -0.1) is 0 Å². The van der Waals surface area contributed by atoms with Crippen molar-refractivity contribution in [2.45, 2.75) is 32.2 Å². The number of benzene rings is 1. The molecule has 2 rings (SSSR count). The molecule has 1 aliphatic rings. The normalized spacial score (nSPS) is 16.3. The van der Waals surface area contributed by atoms with E-state index in [1.165, 1.54) is 18.4 Å². The molecule has 19 heavy (non-hydrogen) atoms. The quantitative estimate of drug-likeness (QED) is 0.742. The van der Waals surface area contributed by atoms with Crippen molar-refractivity contribution in [2.24, 2.45) is 5.92 Å². The molecular weight excluding hydrogens is 238 g/mol. The fourth-order valence-electron chi connectivity index (χ4n) is 2.00. The van der Waals surface area contributed by atoms with E-state index >= 15 is 0 Å². The van der Waals surface area contributed by atoms with E-state index < -0.39 is 0 Å². The molecule has 1 aromatic rings. The van der Waals surface area contributed by atoms with Crippen LogP contribution >= 0.6 is 0 Å². The Labute approximate surface area is 116 Å². The Balaban J connectivity index is 1.82. The second-order valence-electron chi connectivity index (χ2n) is 5.24. The van der Waals surface area contributed by atoms with Gasteiger partial charge in [-0.05, 0) is 49.9 Å². The van der Waals surface area contributed by atoms with E-state index in [0.29, 0.717) is 0 Å². The van der Waals surface area contributed by atoms with Crippen molar-refractivity contribution in [1.82, 2.24) is 5.32 Å². The number of hydrogen-bond acceptors (Lipinski definition) is 3. The first-order valence-corrected chi connectivity index (χ1v) is 7.31. The zero-order valence-corrected chi connectivity index (χ0v) is 12.0. The van der Waals surface area contributed by atoms with Crippen LogP contribution in [0.5, 0.6) is 5.75 Å². The van der Waals surface area contributed by atoms with E-state index in [4.69, 9.17) is 9.47 Å². The Morgan fingerprint density at radius 1 is 1.26 bits per heavy atom. The molecule has 1 aliphatic carbocycles. The summed E-state index contributed by atoms with van der Waals surface area (Å²) in [6.45, 7) is 4.54. The van der Waals surface area contributed by atoms with Crippen molar-refractivity contribution < 1.29 is 9.47 Å². The molecule has 1 saturated carbocycles. The lowest BCUT2D eigenvalue weighted by Gasteiger charge is -2.17. The topological polar surface area (TPSA) is 30.5 Å². The fourth-order valence-corrected chi connectivity index (χ4v) is 2.00. The SMILES string of the molecule is CCCOc1ccc(C(COCC2CC2)NC)cc1. The van der Waals surface area contributed by atoms with Gasteiger partial charge in [0.15, 0.2) is 0 Å². The predicted octanol–water partition coefficient (Wildman–Crippen LogP) is 3.16. The molecule has 0 radical (unpaired) electrons. The number of rotatable bonds is 9. The van der Waals surface area contributed by atoms with Crippen molar-refractivity contribution in [1.29, 1.82) is 0 Å². The molecule has 1 unspecified atom stereocenters. The second-order valence-corrected chi connectivity index (χ2v) is 5.24. The van der Waals surface area contributed by atoms with Crippen molar-refractivity contribution >= 4 is 0 Å². The maximum absolute atomic E-state index is 5.77. The molecule has 3 nitrogen and oxygen atoms in total. The lowest BCUT2D eigenvalue weighted by Crippen LogP contribution is -2.22. The summed E-state index contributed by atoms with van der Waals surface area (Å²) in [5, 5.41) is 3.31. The van der Waals surface area contributed by atoms with Gasteiger partial charge in [-0.25, -0.2) is 0 Å². The Hall–Kier alpha value is -1.06. The van der Waals surface area contributed by atoms with Crippen molar-refractivity contribution in [2.75, 3.05) is 26.9 Å². The molecule has 0 heterocycles. The van der Waals surface area contributed by atoms with Crippen LogP contribution in [0.4, 0.5) is 0 Å². The van der Waals surface area contributed by atoms with Gasteiger partial charge in [-0.2, -0.15) is 0 Å². The summed E-state index contributed by atoms with van der Waals surface area (Å²) in [7, 11) is 1.98. The van der Waals surface area contributed by atoms with Crippen molar-refractivity contribution in [3.63, 3.8) is 0 Å². The maximum Gasteiger partial charge on any atom is 0.119 e. The molecule has 0 aliphatic heterocycles. The highest BCUT2D eigenvalue weighted by Gasteiger charge is 2.21. The van der Waals surface area contributed by atoms with Crippen LogP contribution in [0.25, 0.3) is 0 Å². The third kappa shape index (κ3) is 4.84. The molecule has 1 atom stereocenters. The first kappa shape index (κ1) is 14.4. The number of nitrogens with one attached hydrogen (secondary N) is 1. The third-order valence-corrected chi connectivity index (χ3v) is 3.44. The number of ether oxygens (including phenoxy) is 2. The molecule has 1 N–H and O–H groups in total. The van der Waals surface area contributed by atoms with Crippen molar-refractivity contribution in [3.8, 4) is 5.75 Å². The van der Waals surface area contributed by atoms with Crippen LogP contribution in [0.2, 0.25) is 0 Å². The van der Waals surface area contributed by atoms with E-state index in [0.717, 1.165) is 37.9 Å². The number of likely N-dealkylation sites (N-methyl/N-ethyl adjacent to an activating group) is 1. The number of hydrogen-bond donors (Lipinski definition) is 1. The van der Waals surface area contributed by atoms with Gasteiger partial charge in [0.2, 0.25) is 0 Å². The largest absolute Gasteiger partial charge is 0.494 e. The summed E-state index contributed by atoms with van der Waals surface area (Å²) in [6, 6.07) is 8.57. The van der Waals surface area contributed by atoms with Gasteiger partial charge < -0.3 is 14.8 Å². The third-order valence-electron chi connectivity index (χ3n) is 3.44. The molecule has 0 bridgehead atoms. The molecule has 0 aromatic heterocycles. The van der Waals surface area contributed by atoms with E-state index in [1.54, 1.807) is 0 Å². The van der Waals surface area contributed by atoms with E-state index in [1.807, 2.05) is 19.2 Å². The average Bonchev–Trinajstić information content (AvgIpc) is 3.26. The molecule has 0 spiro atoms. The molecular formula is C16H25NO2. The molecule has 106 valence electrons. The van der Waals surface area contributed by atoms with Gasteiger partial charge in [-0.1, -0.05) is 19.1 Å². The summed E-state index contributed by atoms with van der Waals surface area (Å²) in [5.41, 5.74) is 1.25. The minimum atomic E-state index is 0.263. The zero-order valence-electron chi connectivity index (χ0n) is 12.0. The zero-order chi connectivity index (χ0) is 13.5. The summed E-state index contributed by atoms with van der Waals surface area (Å²) in [6.07, 6.45) is 3.72. The van der Waals surface area contributed by atoms with Gasteiger partial charge >= 0.3 is 0 Å². The van der Waals surface area contributed by atoms with Crippen molar-refractivity contribution in [3.05, 3.63) is 29.8 Å². The summed E-state index contributed by atoms with van der Waals surface area (Å²) in [4.78, 5) is 0.